The van der Waals surface area contributed by atoms with Crippen molar-refractivity contribution < 1.29 is 9.90 Å². The number of carboxylic acid groups (broad SMARTS) is 1. The van der Waals surface area contributed by atoms with E-state index in [0.717, 1.165) is 28.3 Å². The molecule has 3 rings (SSSR count). The summed E-state index contributed by atoms with van der Waals surface area (Å²) in [4.78, 5) is 22.4. The third-order valence-corrected chi connectivity index (χ3v) is 5.08. The Balaban J connectivity index is 1.86. The molecule has 6 heteroatoms. The lowest BCUT2D eigenvalue weighted by atomic mass is 10.1. The summed E-state index contributed by atoms with van der Waals surface area (Å²) in [5.74, 6) is 0.810. The zero-order chi connectivity index (χ0) is 17.6. The lowest BCUT2D eigenvalue weighted by molar-refractivity contribution is -0.137. The molecule has 0 aliphatic rings. The van der Waals surface area contributed by atoms with Crippen molar-refractivity contribution in [3.63, 3.8) is 0 Å². The van der Waals surface area contributed by atoms with Crippen molar-refractivity contribution in [3.05, 3.63) is 52.7 Å². The summed E-state index contributed by atoms with van der Waals surface area (Å²) in [5.41, 5.74) is 1.17. The van der Waals surface area contributed by atoms with E-state index in [1.54, 1.807) is 11.3 Å². The molecule has 2 aromatic heterocycles. The summed E-state index contributed by atoms with van der Waals surface area (Å²) in [6.45, 7) is 2.71. The second-order valence-corrected chi connectivity index (χ2v) is 6.98. The molecule has 0 fully saturated rings. The van der Waals surface area contributed by atoms with Crippen molar-refractivity contribution in [2.24, 2.45) is 0 Å². The van der Waals surface area contributed by atoms with Crippen molar-refractivity contribution >= 4 is 33.3 Å². The van der Waals surface area contributed by atoms with Gasteiger partial charge >= 0.3 is 5.97 Å². The van der Waals surface area contributed by atoms with Crippen LogP contribution in [0.25, 0.3) is 10.2 Å². The smallest absolute Gasteiger partial charge is 0.303 e. The minimum atomic E-state index is -0.775. The maximum Gasteiger partial charge on any atom is 0.303 e. The van der Waals surface area contributed by atoms with Crippen molar-refractivity contribution in [1.82, 2.24) is 9.97 Å². The quantitative estimate of drug-likeness (QED) is 0.595. The highest BCUT2D eigenvalue weighted by molar-refractivity contribution is 7.18. The van der Waals surface area contributed by atoms with E-state index in [0.29, 0.717) is 19.4 Å². The summed E-state index contributed by atoms with van der Waals surface area (Å²) < 4.78 is 0. The monoisotopic (exact) mass is 355 g/mol. The maximum absolute atomic E-state index is 10.7. The third kappa shape index (κ3) is 4.54. The van der Waals surface area contributed by atoms with Gasteiger partial charge in [-0.1, -0.05) is 37.3 Å². The molecule has 1 aromatic carbocycles. The predicted molar refractivity (Wildman–Crippen MR) is 101 cm³/mol. The Morgan fingerprint density at radius 3 is 2.76 bits per heavy atom. The fourth-order valence-corrected chi connectivity index (χ4v) is 3.61. The van der Waals surface area contributed by atoms with Gasteiger partial charge in [-0.15, -0.1) is 11.3 Å². The molecule has 0 aliphatic carbocycles. The molecule has 0 saturated carbocycles. The number of carbonyl (C=O) groups is 1. The summed E-state index contributed by atoms with van der Waals surface area (Å²) >= 11 is 1.70. The largest absolute Gasteiger partial charge is 0.481 e. The summed E-state index contributed by atoms with van der Waals surface area (Å²) in [5, 5.41) is 13.1. The molecule has 0 unspecified atom stereocenters. The molecule has 0 atom stereocenters. The minimum Gasteiger partial charge on any atom is -0.481 e. The van der Waals surface area contributed by atoms with Crippen LogP contribution in [0.3, 0.4) is 0 Å². The van der Waals surface area contributed by atoms with Crippen LogP contribution in [0.2, 0.25) is 0 Å². The average Bonchev–Trinajstić information content (AvgIpc) is 3.02. The Bertz CT molecular complexity index is 862. The Morgan fingerprint density at radius 1 is 1.24 bits per heavy atom. The van der Waals surface area contributed by atoms with E-state index in [1.807, 2.05) is 18.2 Å². The number of aryl methyl sites for hydroxylation is 1. The number of rotatable bonds is 8. The molecule has 3 aromatic rings. The molecule has 0 aliphatic heterocycles. The van der Waals surface area contributed by atoms with Gasteiger partial charge in [0.05, 0.1) is 5.39 Å². The number of anilines is 1. The number of nitrogens with one attached hydrogen (secondary N) is 1. The van der Waals surface area contributed by atoms with E-state index >= 15 is 0 Å². The Kier molecular flexibility index (Phi) is 5.60. The second kappa shape index (κ2) is 8.07. The highest BCUT2D eigenvalue weighted by Crippen LogP contribution is 2.29. The lowest BCUT2D eigenvalue weighted by Crippen LogP contribution is -2.08. The van der Waals surface area contributed by atoms with Gasteiger partial charge in [0, 0.05) is 24.3 Å². The minimum absolute atomic E-state index is 0.155. The molecule has 0 spiro atoms. The number of aromatic nitrogens is 2. The van der Waals surface area contributed by atoms with Crippen LogP contribution in [0.15, 0.2) is 36.4 Å². The molecule has 2 heterocycles. The van der Waals surface area contributed by atoms with Crippen LogP contribution in [-0.2, 0) is 17.6 Å². The van der Waals surface area contributed by atoms with E-state index < -0.39 is 5.97 Å². The van der Waals surface area contributed by atoms with Gasteiger partial charge in [-0.3, -0.25) is 4.79 Å². The Labute approximate surface area is 150 Å². The van der Waals surface area contributed by atoms with E-state index in [1.165, 1.54) is 10.4 Å². The maximum atomic E-state index is 10.7. The van der Waals surface area contributed by atoms with Gasteiger partial charge in [0.2, 0.25) is 0 Å². The second-order valence-electron chi connectivity index (χ2n) is 5.86. The van der Waals surface area contributed by atoms with E-state index in [4.69, 9.17) is 15.1 Å². The highest BCUT2D eigenvalue weighted by Gasteiger charge is 2.12. The molecule has 5 nitrogen and oxygen atoms in total. The van der Waals surface area contributed by atoms with Gasteiger partial charge in [-0.05, 0) is 24.5 Å². The zero-order valence-electron chi connectivity index (χ0n) is 14.2. The van der Waals surface area contributed by atoms with Crippen LogP contribution >= 0.6 is 11.3 Å². The molecular weight excluding hydrogens is 334 g/mol. The first kappa shape index (κ1) is 17.4. The summed E-state index contributed by atoms with van der Waals surface area (Å²) in [6.07, 6.45) is 2.37. The fraction of sp³-hybridized carbons (Fsp3) is 0.316. The Hall–Kier alpha value is -2.47. The molecule has 130 valence electrons. The van der Waals surface area contributed by atoms with Crippen LogP contribution < -0.4 is 5.32 Å². The topological polar surface area (TPSA) is 75.1 Å². The molecular formula is C19H21N3O2S. The zero-order valence-corrected chi connectivity index (χ0v) is 15.0. The molecule has 0 radical (unpaired) electrons. The van der Waals surface area contributed by atoms with Gasteiger partial charge in [0.15, 0.2) is 0 Å². The first-order valence-electron chi connectivity index (χ1n) is 8.44. The third-order valence-electron chi connectivity index (χ3n) is 3.90. The number of benzene rings is 1. The molecule has 0 amide bonds. The Morgan fingerprint density at radius 2 is 2.04 bits per heavy atom. The van der Waals surface area contributed by atoms with Crippen molar-refractivity contribution in [2.45, 2.75) is 32.6 Å². The molecule has 25 heavy (non-hydrogen) atoms. The number of thiophene rings is 1. The number of fused-ring (bicyclic) bond motifs is 1. The average molecular weight is 355 g/mol. The predicted octanol–water partition coefficient (Wildman–Crippen LogP) is 4.12. The molecule has 0 bridgehead atoms. The van der Waals surface area contributed by atoms with E-state index in [9.17, 15) is 4.79 Å². The first-order chi connectivity index (χ1) is 12.2. The summed E-state index contributed by atoms with van der Waals surface area (Å²) in [7, 11) is 0. The van der Waals surface area contributed by atoms with Crippen molar-refractivity contribution in [1.29, 1.82) is 0 Å². The van der Waals surface area contributed by atoms with Crippen LogP contribution in [0.5, 0.6) is 0 Å². The highest BCUT2D eigenvalue weighted by atomic mass is 32.1. The first-order valence-corrected chi connectivity index (χ1v) is 9.26. The van der Waals surface area contributed by atoms with E-state index in [2.05, 4.69) is 30.4 Å². The van der Waals surface area contributed by atoms with Crippen LogP contribution in [-0.4, -0.2) is 27.6 Å². The standard InChI is InChI=1S/C19H21N3O2S/c1-2-14-12-15-18(20-10-6-9-17(23)24)21-16(22-19(15)25-14)11-13-7-4-3-5-8-13/h3-5,7-8,12H,2,6,9-11H2,1H3,(H,23,24)(H,20,21,22). The van der Waals surface area contributed by atoms with Gasteiger partial charge in [-0.2, -0.15) is 0 Å². The van der Waals surface area contributed by atoms with Crippen LogP contribution in [0.4, 0.5) is 5.82 Å². The summed E-state index contributed by atoms with van der Waals surface area (Å²) in [6, 6.07) is 12.3. The van der Waals surface area contributed by atoms with Crippen molar-refractivity contribution in [3.8, 4) is 0 Å². The number of nitrogens with zero attached hydrogens (tertiary/aromatic N) is 2. The van der Waals surface area contributed by atoms with Crippen molar-refractivity contribution in [2.75, 3.05) is 11.9 Å². The molecule has 0 saturated heterocycles. The van der Waals surface area contributed by atoms with Gasteiger partial charge < -0.3 is 10.4 Å². The van der Waals surface area contributed by atoms with Gasteiger partial charge in [-0.25, -0.2) is 9.97 Å². The van der Waals surface area contributed by atoms with Gasteiger partial charge in [0.25, 0.3) is 0 Å². The van der Waals surface area contributed by atoms with Crippen LogP contribution in [0.1, 0.15) is 36.0 Å². The normalized spacial score (nSPS) is 10.9. The van der Waals surface area contributed by atoms with Crippen LogP contribution in [0, 0.1) is 0 Å². The number of hydrogen-bond acceptors (Lipinski definition) is 5. The number of carboxylic acids is 1. The lowest BCUT2D eigenvalue weighted by Gasteiger charge is -2.08. The number of hydrogen-bond donors (Lipinski definition) is 2. The van der Waals surface area contributed by atoms with E-state index in [-0.39, 0.29) is 6.42 Å². The fourth-order valence-electron chi connectivity index (χ4n) is 2.63. The molecule has 2 N–H and O–H groups in total. The van der Waals surface area contributed by atoms with Gasteiger partial charge in [0.1, 0.15) is 16.5 Å². The SMILES string of the molecule is CCc1cc2c(NCCCC(=O)O)nc(Cc3ccccc3)nc2s1. The number of aliphatic carboxylic acids is 1.